The van der Waals surface area contributed by atoms with Crippen molar-refractivity contribution in [2.24, 2.45) is 0 Å². The lowest BCUT2D eigenvalue weighted by atomic mass is 10.1. The number of amides is 1. The molecule has 3 aromatic rings. The average Bonchev–Trinajstić information content (AvgIpc) is 3.06. The summed E-state index contributed by atoms with van der Waals surface area (Å²) in [5, 5.41) is 11.0. The van der Waals surface area contributed by atoms with Crippen LogP contribution < -0.4 is 5.32 Å². The molecular formula is C17H16N4O4S. The third kappa shape index (κ3) is 3.42. The van der Waals surface area contributed by atoms with E-state index in [2.05, 4.69) is 15.3 Å². The molecule has 0 saturated heterocycles. The third-order valence-electron chi connectivity index (χ3n) is 3.79. The Labute approximate surface area is 150 Å². The van der Waals surface area contributed by atoms with Crippen molar-refractivity contribution in [2.45, 2.75) is 18.4 Å². The van der Waals surface area contributed by atoms with Crippen molar-refractivity contribution in [3.05, 3.63) is 66.4 Å². The summed E-state index contributed by atoms with van der Waals surface area (Å²) in [6, 6.07) is 6.40. The Morgan fingerprint density at radius 3 is 2.65 bits per heavy atom. The molecule has 0 aliphatic carbocycles. The second-order valence-electron chi connectivity index (χ2n) is 5.57. The van der Waals surface area contributed by atoms with Crippen molar-refractivity contribution < 1.29 is 18.3 Å². The van der Waals surface area contributed by atoms with Crippen LogP contribution in [0.15, 0.2) is 60.1 Å². The molecule has 0 aromatic carbocycles. The number of nitrogens with zero attached hydrogens (tertiary/aromatic N) is 3. The van der Waals surface area contributed by atoms with Crippen LogP contribution in [0.2, 0.25) is 0 Å². The second-order valence-corrected chi connectivity index (χ2v) is 7.39. The maximum Gasteiger partial charge on any atom is 0.404 e. The zero-order valence-corrected chi connectivity index (χ0v) is 14.6. The summed E-state index contributed by atoms with van der Waals surface area (Å²) in [7, 11) is -3.90. The van der Waals surface area contributed by atoms with Gasteiger partial charge in [-0.2, -0.15) is 0 Å². The van der Waals surface area contributed by atoms with Gasteiger partial charge < -0.3 is 10.4 Å². The van der Waals surface area contributed by atoms with E-state index in [1.54, 1.807) is 24.5 Å². The van der Waals surface area contributed by atoms with E-state index in [4.69, 9.17) is 5.11 Å². The fourth-order valence-electron chi connectivity index (χ4n) is 2.51. The highest BCUT2D eigenvalue weighted by Gasteiger charge is 2.23. The molecule has 0 saturated carbocycles. The van der Waals surface area contributed by atoms with Gasteiger partial charge in [0.2, 0.25) is 0 Å². The largest absolute Gasteiger partial charge is 0.465 e. The highest BCUT2D eigenvalue weighted by molar-refractivity contribution is 7.90. The van der Waals surface area contributed by atoms with Crippen LogP contribution in [-0.4, -0.2) is 33.6 Å². The van der Waals surface area contributed by atoms with Gasteiger partial charge in [0.05, 0.1) is 5.69 Å². The van der Waals surface area contributed by atoms with Gasteiger partial charge in [0.1, 0.15) is 4.90 Å². The molecule has 0 fully saturated rings. The van der Waals surface area contributed by atoms with Crippen LogP contribution >= 0.6 is 0 Å². The molecule has 0 bridgehead atoms. The van der Waals surface area contributed by atoms with Gasteiger partial charge in [-0.3, -0.25) is 9.97 Å². The first-order valence-electron chi connectivity index (χ1n) is 7.64. The van der Waals surface area contributed by atoms with Crippen molar-refractivity contribution in [2.75, 3.05) is 0 Å². The standard InChI is InChI=1S/C17H16N4O4S/c1-12-4-6-19-10-15(12)16-7-13(8-20-17(22)23)11-21(16)26(24,25)14-3-2-5-18-9-14/h2-7,9-11,20H,8H2,1H3,(H,22,23). The van der Waals surface area contributed by atoms with Crippen LogP contribution in [0.5, 0.6) is 0 Å². The van der Waals surface area contributed by atoms with Crippen LogP contribution in [-0.2, 0) is 16.6 Å². The van der Waals surface area contributed by atoms with Gasteiger partial charge in [0.15, 0.2) is 0 Å². The molecule has 0 atom stereocenters. The number of aryl methyl sites for hydroxylation is 1. The van der Waals surface area contributed by atoms with E-state index in [-0.39, 0.29) is 11.4 Å². The predicted molar refractivity (Wildman–Crippen MR) is 94.1 cm³/mol. The first-order chi connectivity index (χ1) is 12.4. The van der Waals surface area contributed by atoms with E-state index < -0.39 is 16.1 Å². The number of pyridine rings is 2. The summed E-state index contributed by atoms with van der Waals surface area (Å²) in [5.74, 6) is 0. The molecule has 3 rings (SSSR count). The first-order valence-corrected chi connectivity index (χ1v) is 9.08. The number of carboxylic acid groups (broad SMARTS) is 1. The Hall–Kier alpha value is -3.20. The molecular weight excluding hydrogens is 356 g/mol. The molecule has 8 nitrogen and oxygen atoms in total. The van der Waals surface area contributed by atoms with E-state index >= 15 is 0 Å². The molecule has 2 N–H and O–H groups in total. The van der Waals surface area contributed by atoms with Gasteiger partial charge in [-0.1, -0.05) is 0 Å². The van der Waals surface area contributed by atoms with E-state index in [1.165, 1.54) is 30.7 Å². The second kappa shape index (κ2) is 6.96. The van der Waals surface area contributed by atoms with Gasteiger partial charge in [-0.25, -0.2) is 17.2 Å². The van der Waals surface area contributed by atoms with Gasteiger partial charge in [-0.15, -0.1) is 0 Å². The Bertz CT molecular complexity index is 1050. The highest BCUT2D eigenvalue weighted by atomic mass is 32.2. The number of rotatable bonds is 5. The number of hydrogen-bond acceptors (Lipinski definition) is 5. The normalized spacial score (nSPS) is 11.3. The lowest BCUT2D eigenvalue weighted by Crippen LogP contribution is -2.19. The minimum absolute atomic E-state index is 0.0167. The van der Waals surface area contributed by atoms with E-state index in [9.17, 15) is 13.2 Å². The van der Waals surface area contributed by atoms with Crippen molar-refractivity contribution in [1.29, 1.82) is 0 Å². The number of hydrogen-bond donors (Lipinski definition) is 2. The topological polar surface area (TPSA) is 114 Å². The lowest BCUT2D eigenvalue weighted by molar-refractivity contribution is 0.194. The van der Waals surface area contributed by atoms with Gasteiger partial charge >= 0.3 is 6.09 Å². The summed E-state index contributed by atoms with van der Waals surface area (Å²) in [5.41, 5.74) is 2.40. The summed E-state index contributed by atoms with van der Waals surface area (Å²) in [6.07, 6.45) is 6.17. The maximum absolute atomic E-state index is 13.1. The number of nitrogens with one attached hydrogen (secondary N) is 1. The molecule has 1 amide bonds. The van der Waals surface area contributed by atoms with E-state index in [0.29, 0.717) is 16.8 Å². The average molecular weight is 372 g/mol. The molecule has 0 spiro atoms. The summed E-state index contributed by atoms with van der Waals surface area (Å²) in [4.78, 5) is 18.7. The molecule has 0 radical (unpaired) electrons. The molecule has 134 valence electrons. The van der Waals surface area contributed by atoms with Crippen LogP contribution in [0.4, 0.5) is 4.79 Å². The summed E-state index contributed by atoms with van der Waals surface area (Å²) in [6.45, 7) is 1.83. The summed E-state index contributed by atoms with van der Waals surface area (Å²) >= 11 is 0. The van der Waals surface area contributed by atoms with Crippen LogP contribution in [0.3, 0.4) is 0 Å². The smallest absolute Gasteiger partial charge is 0.404 e. The Kier molecular flexibility index (Phi) is 4.72. The van der Waals surface area contributed by atoms with Crippen LogP contribution in [0, 0.1) is 6.92 Å². The first kappa shape index (κ1) is 17.6. The van der Waals surface area contributed by atoms with E-state index in [0.717, 1.165) is 9.54 Å². The number of aromatic nitrogens is 3. The molecule has 3 heterocycles. The molecule has 0 aliphatic rings. The van der Waals surface area contributed by atoms with Gasteiger partial charge in [0, 0.05) is 43.1 Å². The molecule has 3 aromatic heterocycles. The molecule has 0 unspecified atom stereocenters. The van der Waals surface area contributed by atoms with Crippen LogP contribution in [0.1, 0.15) is 11.1 Å². The van der Waals surface area contributed by atoms with Gasteiger partial charge in [0.25, 0.3) is 10.0 Å². The maximum atomic E-state index is 13.1. The van der Waals surface area contributed by atoms with Crippen molar-refractivity contribution in [1.82, 2.24) is 19.3 Å². The summed E-state index contributed by atoms with van der Waals surface area (Å²) < 4.78 is 27.2. The zero-order valence-electron chi connectivity index (χ0n) is 13.8. The highest BCUT2D eigenvalue weighted by Crippen LogP contribution is 2.28. The number of carbonyl (C=O) groups is 1. The Morgan fingerprint density at radius 1 is 1.23 bits per heavy atom. The predicted octanol–water partition coefficient (Wildman–Crippen LogP) is 2.26. The quantitative estimate of drug-likeness (QED) is 0.710. The Morgan fingerprint density at radius 2 is 2.00 bits per heavy atom. The minimum Gasteiger partial charge on any atom is -0.465 e. The molecule has 9 heteroatoms. The minimum atomic E-state index is -3.90. The third-order valence-corrected chi connectivity index (χ3v) is 5.45. The zero-order chi connectivity index (χ0) is 18.7. The lowest BCUT2D eigenvalue weighted by Gasteiger charge is -2.11. The van der Waals surface area contributed by atoms with E-state index in [1.807, 2.05) is 6.92 Å². The molecule has 0 aliphatic heterocycles. The fraction of sp³-hybridized carbons (Fsp3) is 0.118. The van der Waals surface area contributed by atoms with Crippen molar-refractivity contribution in [3.63, 3.8) is 0 Å². The monoisotopic (exact) mass is 372 g/mol. The SMILES string of the molecule is Cc1ccncc1-c1cc(CNC(=O)O)cn1S(=O)(=O)c1cccnc1. The van der Waals surface area contributed by atoms with Gasteiger partial charge in [-0.05, 0) is 42.3 Å². The fourth-order valence-corrected chi connectivity index (χ4v) is 3.87. The van der Waals surface area contributed by atoms with Crippen LogP contribution in [0.25, 0.3) is 11.3 Å². The van der Waals surface area contributed by atoms with Crippen molar-refractivity contribution in [3.8, 4) is 11.3 Å². The van der Waals surface area contributed by atoms with Crippen molar-refractivity contribution >= 4 is 16.1 Å². The molecule has 26 heavy (non-hydrogen) atoms. The Balaban J connectivity index is 2.17.